The van der Waals surface area contributed by atoms with Crippen LogP contribution in [0, 0.1) is 5.82 Å². The van der Waals surface area contributed by atoms with Crippen molar-refractivity contribution in [2.75, 3.05) is 13.2 Å². The maximum absolute atomic E-state index is 13.1. The van der Waals surface area contributed by atoms with Crippen molar-refractivity contribution in [3.63, 3.8) is 0 Å². The van der Waals surface area contributed by atoms with Crippen molar-refractivity contribution < 1.29 is 19.0 Å². The number of aliphatic hydroxyl groups is 1. The molecule has 144 valence electrons. The number of hydrogen-bond donors (Lipinski definition) is 2. The third-order valence-electron chi connectivity index (χ3n) is 4.81. The lowest BCUT2D eigenvalue weighted by molar-refractivity contribution is 0.0907. The van der Waals surface area contributed by atoms with Crippen LogP contribution in [-0.4, -0.2) is 33.9 Å². The van der Waals surface area contributed by atoms with Crippen molar-refractivity contribution in [3.8, 4) is 17.0 Å². The minimum atomic E-state index is -0.820. The average molecular weight is 381 g/mol. The molecule has 4 rings (SSSR count). The molecule has 1 amide bonds. The molecule has 1 aliphatic heterocycles. The molecule has 0 bridgehead atoms. The lowest BCUT2D eigenvalue weighted by Gasteiger charge is -2.13. The largest absolute Gasteiger partial charge is 0.493 e. The Bertz CT molecular complexity index is 1010. The summed E-state index contributed by atoms with van der Waals surface area (Å²) < 4.78 is 20.0. The van der Waals surface area contributed by atoms with Crippen molar-refractivity contribution in [2.24, 2.45) is 7.05 Å². The number of aliphatic hydroxyl groups excluding tert-OH is 1. The van der Waals surface area contributed by atoms with Crippen molar-refractivity contribution in [2.45, 2.75) is 12.5 Å². The molecule has 1 atom stereocenters. The van der Waals surface area contributed by atoms with E-state index in [4.69, 9.17) is 4.74 Å². The van der Waals surface area contributed by atoms with Crippen LogP contribution in [0.25, 0.3) is 11.3 Å². The van der Waals surface area contributed by atoms with E-state index in [1.165, 1.54) is 16.8 Å². The summed E-state index contributed by atoms with van der Waals surface area (Å²) in [6, 6.07) is 13.1. The monoisotopic (exact) mass is 381 g/mol. The Kier molecular flexibility index (Phi) is 4.83. The second kappa shape index (κ2) is 7.44. The van der Waals surface area contributed by atoms with E-state index in [2.05, 4.69) is 10.4 Å². The summed E-state index contributed by atoms with van der Waals surface area (Å²) >= 11 is 0. The molecule has 1 aromatic heterocycles. The van der Waals surface area contributed by atoms with E-state index >= 15 is 0 Å². The maximum Gasteiger partial charge on any atom is 0.269 e. The third kappa shape index (κ3) is 3.61. The summed E-state index contributed by atoms with van der Waals surface area (Å²) in [5, 5.41) is 17.5. The number of fused-ring (bicyclic) bond motifs is 1. The fourth-order valence-corrected chi connectivity index (χ4v) is 3.25. The summed E-state index contributed by atoms with van der Waals surface area (Å²) in [4.78, 5) is 12.5. The average Bonchev–Trinajstić information content (AvgIpc) is 3.32. The Labute approximate surface area is 161 Å². The van der Waals surface area contributed by atoms with Crippen LogP contribution < -0.4 is 10.1 Å². The smallest absolute Gasteiger partial charge is 0.269 e. The number of aryl methyl sites for hydroxylation is 1. The van der Waals surface area contributed by atoms with E-state index in [-0.39, 0.29) is 18.3 Å². The predicted octanol–water partition coefficient (Wildman–Crippen LogP) is 2.62. The van der Waals surface area contributed by atoms with Gasteiger partial charge in [-0.05, 0) is 53.6 Å². The molecule has 1 aliphatic rings. The summed E-state index contributed by atoms with van der Waals surface area (Å²) in [6.07, 6.45) is 0.00308. The second-order valence-corrected chi connectivity index (χ2v) is 6.74. The van der Waals surface area contributed by atoms with Crippen LogP contribution >= 0.6 is 0 Å². The molecular weight excluding hydrogens is 361 g/mol. The molecule has 2 heterocycles. The summed E-state index contributed by atoms with van der Waals surface area (Å²) in [7, 11) is 1.67. The Hall–Kier alpha value is -3.19. The van der Waals surface area contributed by atoms with E-state index in [9.17, 15) is 14.3 Å². The molecule has 28 heavy (non-hydrogen) atoms. The van der Waals surface area contributed by atoms with Gasteiger partial charge in [0.25, 0.3) is 5.91 Å². The van der Waals surface area contributed by atoms with Gasteiger partial charge in [-0.1, -0.05) is 6.07 Å². The first-order valence-electron chi connectivity index (χ1n) is 9.03. The molecule has 0 unspecified atom stereocenters. The van der Waals surface area contributed by atoms with Crippen molar-refractivity contribution in [3.05, 3.63) is 71.2 Å². The van der Waals surface area contributed by atoms with Crippen LogP contribution in [0.5, 0.6) is 5.75 Å². The molecule has 0 aliphatic carbocycles. The van der Waals surface area contributed by atoms with Gasteiger partial charge in [0.15, 0.2) is 0 Å². The standard InChI is InChI=1S/C21H20FN3O3/c1-25-18(11-17(24-25)13-2-5-16(22)6-3-13)21(27)23-12-19(26)14-4-7-20-15(10-14)8-9-28-20/h2-7,10-11,19,26H,8-9,12H2,1H3,(H,23,27)/t19-/m1/s1. The molecule has 0 saturated carbocycles. The summed E-state index contributed by atoms with van der Waals surface area (Å²) in [6.45, 7) is 0.734. The van der Waals surface area contributed by atoms with Crippen LogP contribution in [0.15, 0.2) is 48.5 Å². The number of halogens is 1. The zero-order valence-electron chi connectivity index (χ0n) is 15.4. The van der Waals surface area contributed by atoms with Gasteiger partial charge in [0.2, 0.25) is 0 Å². The normalized spacial score (nSPS) is 13.7. The number of amides is 1. The highest BCUT2D eigenvalue weighted by atomic mass is 19.1. The Morgan fingerprint density at radius 2 is 2.07 bits per heavy atom. The first kappa shape index (κ1) is 18.2. The molecule has 0 fully saturated rings. The third-order valence-corrected chi connectivity index (χ3v) is 4.81. The highest BCUT2D eigenvalue weighted by molar-refractivity contribution is 5.93. The maximum atomic E-state index is 13.1. The van der Waals surface area contributed by atoms with Crippen molar-refractivity contribution >= 4 is 5.91 Å². The van der Waals surface area contributed by atoms with Gasteiger partial charge in [0, 0.05) is 25.6 Å². The molecule has 0 radical (unpaired) electrons. The number of nitrogens with zero attached hydrogens (tertiary/aromatic N) is 2. The van der Waals surface area contributed by atoms with Gasteiger partial charge in [-0.2, -0.15) is 5.10 Å². The Morgan fingerprint density at radius 1 is 1.29 bits per heavy atom. The van der Waals surface area contributed by atoms with Gasteiger partial charge >= 0.3 is 0 Å². The zero-order valence-corrected chi connectivity index (χ0v) is 15.4. The van der Waals surface area contributed by atoms with Crippen LogP contribution in [0.1, 0.15) is 27.7 Å². The highest BCUT2D eigenvalue weighted by Crippen LogP contribution is 2.28. The highest BCUT2D eigenvalue weighted by Gasteiger charge is 2.18. The van der Waals surface area contributed by atoms with Gasteiger partial charge in [0.05, 0.1) is 18.4 Å². The minimum Gasteiger partial charge on any atom is -0.493 e. The zero-order chi connectivity index (χ0) is 19.7. The van der Waals surface area contributed by atoms with E-state index in [0.717, 1.165) is 28.9 Å². The number of rotatable bonds is 5. The van der Waals surface area contributed by atoms with E-state index in [1.54, 1.807) is 31.3 Å². The Morgan fingerprint density at radius 3 is 2.86 bits per heavy atom. The lowest BCUT2D eigenvalue weighted by Crippen LogP contribution is -2.29. The van der Waals surface area contributed by atoms with Crippen LogP contribution in [0.2, 0.25) is 0 Å². The van der Waals surface area contributed by atoms with E-state index < -0.39 is 6.10 Å². The van der Waals surface area contributed by atoms with Gasteiger partial charge in [-0.3, -0.25) is 9.48 Å². The molecule has 2 aromatic carbocycles. The predicted molar refractivity (Wildman–Crippen MR) is 102 cm³/mol. The quantitative estimate of drug-likeness (QED) is 0.712. The molecule has 0 spiro atoms. The molecule has 0 saturated heterocycles. The fraction of sp³-hybridized carbons (Fsp3) is 0.238. The number of hydrogen-bond acceptors (Lipinski definition) is 4. The lowest BCUT2D eigenvalue weighted by atomic mass is 10.0. The Balaban J connectivity index is 1.43. The van der Waals surface area contributed by atoms with E-state index in [0.29, 0.717) is 18.0 Å². The number of ether oxygens (including phenoxy) is 1. The molecular formula is C21H20FN3O3. The minimum absolute atomic E-state index is 0.0789. The fourth-order valence-electron chi connectivity index (χ4n) is 3.25. The number of aromatic nitrogens is 2. The number of nitrogens with one attached hydrogen (secondary N) is 1. The van der Waals surface area contributed by atoms with E-state index in [1.807, 2.05) is 12.1 Å². The molecule has 2 N–H and O–H groups in total. The first-order chi connectivity index (χ1) is 13.5. The van der Waals surface area contributed by atoms with Crippen LogP contribution in [0.4, 0.5) is 4.39 Å². The summed E-state index contributed by atoms with van der Waals surface area (Å²) in [5.41, 5.74) is 3.46. The number of carbonyl (C=O) groups is 1. The molecule has 6 nitrogen and oxygen atoms in total. The second-order valence-electron chi connectivity index (χ2n) is 6.74. The van der Waals surface area contributed by atoms with Crippen molar-refractivity contribution in [1.82, 2.24) is 15.1 Å². The first-order valence-corrected chi connectivity index (χ1v) is 9.03. The van der Waals surface area contributed by atoms with Gasteiger partial charge < -0.3 is 15.2 Å². The van der Waals surface area contributed by atoms with Gasteiger partial charge in [0.1, 0.15) is 17.3 Å². The number of benzene rings is 2. The molecule has 3 aromatic rings. The number of carbonyl (C=O) groups excluding carboxylic acids is 1. The van der Waals surface area contributed by atoms with Gasteiger partial charge in [-0.25, -0.2) is 4.39 Å². The topological polar surface area (TPSA) is 76.4 Å². The van der Waals surface area contributed by atoms with Crippen LogP contribution in [0.3, 0.4) is 0 Å². The SMILES string of the molecule is Cn1nc(-c2ccc(F)cc2)cc1C(=O)NC[C@@H](O)c1ccc2c(c1)CCO2. The summed E-state index contributed by atoms with van der Waals surface area (Å²) in [5.74, 6) is 0.180. The van der Waals surface area contributed by atoms with Gasteiger partial charge in [-0.15, -0.1) is 0 Å². The van der Waals surface area contributed by atoms with Crippen LogP contribution in [-0.2, 0) is 13.5 Å². The van der Waals surface area contributed by atoms with Crippen molar-refractivity contribution in [1.29, 1.82) is 0 Å². The molecule has 7 heteroatoms.